The number of likely N-dealkylation sites (tertiary alicyclic amines) is 2. The number of hydrogen-bond acceptors (Lipinski definition) is 4. The molecule has 2 aliphatic rings. The molecular weight excluding hydrogens is 344 g/mol. The van der Waals surface area contributed by atoms with Crippen molar-refractivity contribution < 1.29 is 9.53 Å². The first-order valence-corrected chi connectivity index (χ1v) is 9.90. The summed E-state index contributed by atoms with van der Waals surface area (Å²) < 4.78 is 6.75. The number of methoxy groups -OCH3 is 1. The summed E-state index contributed by atoms with van der Waals surface area (Å²) in [5, 5.41) is 0. The summed E-state index contributed by atoms with van der Waals surface area (Å²) in [6, 6.07) is 8.20. The van der Waals surface area contributed by atoms with Crippen molar-refractivity contribution in [2.75, 3.05) is 39.8 Å². The zero-order valence-corrected chi connectivity index (χ0v) is 15.9. The first-order valence-electron chi connectivity index (χ1n) is 9.90. The van der Waals surface area contributed by atoms with Crippen LogP contribution in [0.3, 0.4) is 0 Å². The second-order valence-electron chi connectivity index (χ2n) is 7.75. The van der Waals surface area contributed by atoms with Gasteiger partial charge in [0.05, 0.1) is 18.1 Å². The highest BCUT2D eigenvalue weighted by atomic mass is 16.5. The molecular formula is C20H28N4O3. The van der Waals surface area contributed by atoms with Crippen LogP contribution in [0.15, 0.2) is 29.1 Å². The number of ether oxygens (including phenoxy) is 1. The predicted molar refractivity (Wildman–Crippen MR) is 104 cm³/mol. The molecule has 1 aromatic carbocycles. The van der Waals surface area contributed by atoms with Gasteiger partial charge in [0.15, 0.2) is 0 Å². The number of imidazole rings is 1. The van der Waals surface area contributed by atoms with Gasteiger partial charge in [-0.1, -0.05) is 12.1 Å². The van der Waals surface area contributed by atoms with Gasteiger partial charge in [0, 0.05) is 38.8 Å². The van der Waals surface area contributed by atoms with Gasteiger partial charge in [-0.05, 0) is 43.7 Å². The lowest BCUT2D eigenvalue weighted by molar-refractivity contribution is 0.0920. The van der Waals surface area contributed by atoms with Crippen LogP contribution in [-0.4, -0.2) is 65.3 Å². The molecule has 146 valence electrons. The molecule has 2 fully saturated rings. The van der Waals surface area contributed by atoms with E-state index in [2.05, 4.69) is 9.88 Å². The molecule has 0 saturated carbocycles. The Morgan fingerprint density at radius 2 is 1.81 bits per heavy atom. The fraction of sp³-hybridized carbons (Fsp3) is 0.600. The summed E-state index contributed by atoms with van der Waals surface area (Å²) in [6.07, 6.45) is 3.87. The SMILES string of the molecule is COC(=O)N1CCC(CN2CCC(n3c(=O)[nH]c4ccccc43)CC2)CC1. The Balaban J connectivity index is 1.31. The van der Waals surface area contributed by atoms with E-state index in [4.69, 9.17) is 4.74 Å². The average molecular weight is 372 g/mol. The lowest BCUT2D eigenvalue weighted by atomic mass is 9.95. The summed E-state index contributed by atoms with van der Waals surface area (Å²) in [4.78, 5) is 31.3. The minimum absolute atomic E-state index is 0.00447. The number of amides is 1. The monoisotopic (exact) mass is 372 g/mol. The number of aromatic amines is 1. The Labute approximate surface area is 158 Å². The van der Waals surface area contributed by atoms with Gasteiger partial charge in [0.2, 0.25) is 0 Å². The van der Waals surface area contributed by atoms with Crippen LogP contribution in [-0.2, 0) is 4.74 Å². The second-order valence-corrected chi connectivity index (χ2v) is 7.75. The van der Waals surface area contributed by atoms with Gasteiger partial charge in [0.1, 0.15) is 0 Å². The number of hydrogen-bond donors (Lipinski definition) is 1. The fourth-order valence-corrected chi connectivity index (χ4v) is 4.59. The van der Waals surface area contributed by atoms with Gasteiger partial charge in [-0.2, -0.15) is 0 Å². The maximum absolute atomic E-state index is 12.4. The minimum atomic E-state index is -0.210. The number of fused-ring (bicyclic) bond motifs is 1. The Kier molecular flexibility index (Phi) is 5.20. The molecule has 0 unspecified atom stereocenters. The zero-order chi connectivity index (χ0) is 18.8. The Hall–Kier alpha value is -2.28. The maximum atomic E-state index is 12.4. The molecule has 1 aromatic heterocycles. The molecule has 3 heterocycles. The van der Waals surface area contributed by atoms with Gasteiger partial charge in [0.25, 0.3) is 0 Å². The van der Waals surface area contributed by atoms with E-state index in [0.717, 1.165) is 69.4 Å². The maximum Gasteiger partial charge on any atom is 0.409 e. The van der Waals surface area contributed by atoms with Crippen molar-refractivity contribution in [1.82, 2.24) is 19.4 Å². The van der Waals surface area contributed by atoms with Gasteiger partial charge in [-0.3, -0.25) is 4.57 Å². The van der Waals surface area contributed by atoms with Crippen molar-refractivity contribution in [2.45, 2.75) is 31.7 Å². The van der Waals surface area contributed by atoms with E-state index in [-0.39, 0.29) is 17.8 Å². The van der Waals surface area contributed by atoms with E-state index < -0.39 is 0 Å². The van der Waals surface area contributed by atoms with Crippen molar-refractivity contribution >= 4 is 17.1 Å². The average Bonchev–Trinajstić information content (AvgIpc) is 3.04. The van der Waals surface area contributed by atoms with Crippen molar-refractivity contribution in [3.8, 4) is 0 Å². The molecule has 2 aromatic rings. The highest BCUT2D eigenvalue weighted by Crippen LogP contribution is 2.27. The Morgan fingerprint density at radius 1 is 1.11 bits per heavy atom. The first-order chi connectivity index (χ1) is 13.2. The highest BCUT2D eigenvalue weighted by Gasteiger charge is 2.28. The standard InChI is InChI=1S/C20H28N4O3/c1-27-20(26)23-12-6-15(7-13-23)14-22-10-8-16(9-11-22)24-18-5-3-2-4-17(18)21-19(24)25/h2-5,15-16H,6-14H2,1H3,(H,21,25). The van der Waals surface area contributed by atoms with E-state index in [0.29, 0.717) is 5.92 Å². The third-order valence-corrected chi connectivity index (χ3v) is 6.11. The zero-order valence-electron chi connectivity index (χ0n) is 15.9. The summed E-state index contributed by atoms with van der Waals surface area (Å²) in [5.41, 5.74) is 1.93. The quantitative estimate of drug-likeness (QED) is 0.898. The van der Waals surface area contributed by atoms with Gasteiger partial charge >= 0.3 is 11.8 Å². The summed E-state index contributed by atoms with van der Waals surface area (Å²) in [7, 11) is 1.44. The number of piperidine rings is 2. The van der Waals surface area contributed by atoms with Crippen molar-refractivity contribution in [3.05, 3.63) is 34.7 Å². The third kappa shape index (κ3) is 3.74. The molecule has 0 radical (unpaired) electrons. The molecule has 1 amide bonds. The molecule has 2 aliphatic heterocycles. The number of nitrogens with one attached hydrogen (secondary N) is 1. The number of H-pyrrole nitrogens is 1. The van der Waals surface area contributed by atoms with Crippen LogP contribution in [0, 0.1) is 5.92 Å². The fourth-order valence-electron chi connectivity index (χ4n) is 4.59. The molecule has 0 atom stereocenters. The third-order valence-electron chi connectivity index (χ3n) is 6.11. The molecule has 7 heteroatoms. The molecule has 2 saturated heterocycles. The van der Waals surface area contributed by atoms with Crippen LogP contribution >= 0.6 is 0 Å². The van der Waals surface area contributed by atoms with Gasteiger partial charge < -0.3 is 19.5 Å². The van der Waals surface area contributed by atoms with E-state index in [9.17, 15) is 9.59 Å². The minimum Gasteiger partial charge on any atom is -0.453 e. The molecule has 1 N–H and O–H groups in total. The van der Waals surface area contributed by atoms with Crippen LogP contribution < -0.4 is 5.69 Å². The van der Waals surface area contributed by atoms with E-state index in [1.807, 2.05) is 28.8 Å². The van der Waals surface area contributed by atoms with Crippen molar-refractivity contribution in [2.24, 2.45) is 5.92 Å². The largest absolute Gasteiger partial charge is 0.453 e. The number of aromatic nitrogens is 2. The van der Waals surface area contributed by atoms with E-state index in [1.165, 1.54) is 7.11 Å². The summed E-state index contributed by atoms with van der Waals surface area (Å²) >= 11 is 0. The number of para-hydroxylation sites is 2. The van der Waals surface area contributed by atoms with Crippen LogP contribution in [0.4, 0.5) is 4.79 Å². The number of rotatable bonds is 3. The molecule has 0 aliphatic carbocycles. The Bertz CT molecular complexity index is 842. The van der Waals surface area contributed by atoms with Gasteiger partial charge in [-0.25, -0.2) is 9.59 Å². The van der Waals surface area contributed by atoms with Crippen LogP contribution in [0.2, 0.25) is 0 Å². The molecule has 7 nitrogen and oxygen atoms in total. The van der Waals surface area contributed by atoms with E-state index in [1.54, 1.807) is 4.90 Å². The number of carbonyl (C=O) groups excluding carboxylic acids is 1. The van der Waals surface area contributed by atoms with Gasteiger partial charge in [-0.15, -0.1) is 0 Å². The predicted octanol–water partition coefficient (Wildman–Crippen LogP) is 2.44. The topological polar surface area (TPSA) is 70.6 Å². The molecule has 4 rings (SSSR count). The lowest BCUT2D eigenvalue weighted by Gasteiger charge is -2.37. The van der Waals surface area contributed by atoms with Crippen LogP contribution in [0.25, 0.3) is 11.0 Å². The number of nitrogens with zero attached hydrogens (tertiary/aromatic N) is 3. The van der Waals surface area contributed by atoms with Crippen LogP contribution in [0.5, 0.6) is 0 Å². The number of benzene rings is 1. The summed E-state index contributed by atoms with van der Waals surface area (Å²) in [6.45, 7) is 4.71. The Morgan fingerprint density at radius 3 is 2.52 bits per heavy atom. The summed E-state index contributed by atoms with van der Waals surface area (Å²) in [5.74, 6) is 0.637. The first kappa shape index (κ1) is 18.1. The number of carbonyl (C=O) groups is 1. The molecule has 0 bridgehead atoms. The van der Waals surface area contributed by atoms with E-state index >= 15 is 0 Å². The van der Waals surface area contributed by atoms with Crippen molar-refractivity contribution in [3.63, 3.8) is 0 Å². The molecule has 0 spiro atoms. The smallest absolute Gasteiger partial charge is 0.409 e. The molecule has 27 heavy (non-hydrogen) atoms. The normalized spacial score (nSPS) is 20.3. The van der Waals surface area contributed by atoms with Crippen LogP contribution in [0.1, 0.15) is 31.7 Å². The lowest BCUT2D eigenvalue weighted by Crippen LogP contribution is -2.43. The second kappa shape index (κ2) is 7.76. The van der Waals surface area contributed by atoms with Crippen molar-refractivity contribution in [1.29, 1.82) is 0 Å². The highest BCUT2D eigenvalue weighted by molar-refractivity contribution is 5.75.